The van der Waals surface area contributed by atoms with Crippen molar-refractivity contribution in [1.82, 2.24) is 4.57 Å². The summed E-state index contributed by atoms with van der Waals surface area (Å²) in [6.45, 7) is 2.23. The molecule has 0 saturated heterocycles. The Labute approximate surface area is 305 Å². The summed E-state index contributed by atoms with van der Waals surface area (Å²) in [5.41, 5.74) is 16.8. The molecule has 1 N–H and O–H groups in total. The lowest BCUT2D eigenvalue weighted by Crippen LogP contribution is -1.96. The maximum Gasteiger partial charge on any atom is 0.0541 e. The quantitative estimate of drug-likeness (QED) is 0.171. The zero-order chi connectivity index (χ0) is 34.9. The summed E-state index contributed by atoms with van der Waals surface area (Å²) >= 11 is 0. The number of anilines is 2. The Morgan fingerprint density at radius 1 is 0.404 bits per heavy atom. The molecule has 1 heterocycles. The molecule has 9 rings (SSSR count). The molecule has 0 bridgehead atoms. The number of aromatic nitrogens is 1. The fraction of sp³-hybridized carbons (Fsp3) is 0.0400. The van der Waals surface area contributed by atoms with Gasteiger partial charge in [-0.2, -0.15) is 0 Å². The summed E-state index contributed by atoms with van der Waals surface area (Å²) in [5.74, 6) is 0. The van der Waals surface area contributed by atoms with Crippen molar-refractivity contribution in [3.63, 3.8) is 0 Å². The van der Waals surface area contributed by atoms with Crippen molar-refractivity contribution in [1.29, 1.82) is 0 Å². The van der Waals surface area contributed by atoms with Gasteiger partial charge in [-0.15, -0.1) is 0 Å². The second-order valence-electron chi connectivity index (χ2n) is 13.3. The fourth-order valence-electron chi connectivity index (χ4n) is 7.54. The molecule has 0 aliphatic rings. The molecule has 0 atom stereocenters. The Bertz CT molecular complexity index is 2650. The normalized spacial score (nSPS) is 11.2. The molecule has 8 aromatic carbocycles. The Morgan fingerprint density at radius 3 is 1.67 bits per heavy atom. The van der Waals surface area contributed by atoms with E-state index < -0.39 is 0 Å². The first-order valence-corrected chi connectivity index (χ1v) is 18.1. The smallest absolute Gasteiger partial charge is 0.0541 e. The molecule has 0 saturated carbocycles. The molecule has 0 aliphatic heterocycles. The summed E-state index contributed by atoms with van der Waals surface area (Å²) in [5, 5.41) is 6.19. The molecule has 52 heavy (non-hydrogen) atoms. The van der Waals surface area contributed by atoms with Crippen LogP contribution < -0.4 is 5.32 Å². The second kappa shape index (κ2) is 13.6. The van der Waals surface area contributed by atoms with Crippen molar-refractivity contribution in [3.05, 3.63) is 200 Å². The van der Waals surface area contributed by atoms with Gasteiger partial charge >= 0.3 is 0 Å². The number of fused-ring (bicyclic) bond motifs is 3. The lowest BCUT2D eigenvalue weighted by molar-refractivity contribution is 1.14. The standard InChI is InChI=1S/C50H38N2/c1-2-35-13-9-10-18-44(35)46-33-40(27-31-48(46)51-42-16-7-4-8-17-42)41-28-32-50-47(34-41)45-19-11-12-20-49(45)52(50)43-29-25-39(26-30-43)38-23-21-37(22-24-38)36-14-5-3-6-15-36/h3-34,51H,2H2,1H3. The maximum absolute atomic E-state index is 3.70. The molecule has 0 fully saturated rings. The van der Waals surface area contributed by atoms with Crippen molar-refractivity contribution in [2.75, 3.05) is 5.32 Å². The van der Waals surface area contributed by atoms with Gasteiger partial charge < -0.3 is 9.88 Å². The SMILES string of the molecule is CCc1ccccc1-c1cc(-c2ccc3c(c2)c2ccccc2n3-c2ccc(-c3ccc(-c4ccccc4)cc3)cc2)ccc1Nc1ccccc1. The van der Waals surface area contributed by atoms with Crippen LogP contribution >= 0.6 is 0 Å². The molecule has 1 aromatic heterocycles. The van der Waals surface area contributed by atoms with E-state index in [1.165, 1.54) is 71.9 Å². The molecule has 0 unspecified atom stereocenters. The van der Waals surface area contributed by atoms with Crippen LogP contribution in [0.25, 0.3) is 72.0 Å². The van der Waals surface area contributed by atoms with E-state index in [-0.39, 0.29) is 0 Å². The summed E-state index contributed by atoms with van der Waals surface area (Å²) < 4.78 is 2.40. The maximum atomic E-state index is 3.70. The minimum atomic E-state index is 0.970. The van der Waals surface area contributed by atoms with E-state index in [1.807, 2.05) is 0 Å². The Balaban J connectivity index is 1.10. The average molecular weight is 667 g/mol. The van der Waals surface area contributed by atoms with Gasteiger partial charge in [-0.3, -0.25) is 0 Å². The molecular weight excluding hydrogens is 629 g/mol. The number of aryl methyl sites for hydroxylation is 1. The van der Waals surface area contributed by atoms with Crippen LogP contribution in [-0.4, -0.2) is 4.57 Å². The highest BCUT2D eigenvalue weighted by atomic mass is 15.0. The number of para-hydroxylation sites is 2. The Kier molecular flexibility index (Phi) is 8.19. The van der Waals surface area contributed by atoms with Crippen LogP contribution in [0.3, 0.4) is 0 Å². The summed E-state index contributed by atoms with van der Waals surface area (Å²) in [6.07, 6.45) is 0.970. The van der Waals surface area contributed by atoms with Crippen molar-refractivity contribution < 1.29 is 0 Å². The minimum absolute atomic E-state index is 0.970. The van der Waals surface area contributed by atoms with Gasteiger partial charge in [-0.05, 0) is 106 Å². The van der Waals surface area contributed by atoms with Crippen molar-refractivity contribution in [2.45, 2.75) is 13.3 Å². The van der Waals surface area contributed by atoms with Crippen LogP contribution in [0, 0.1) is 0 Å². The zero-order valence-electron chi connectivity index (χ0n) is 29.1. The zero-order valence-corrected chi connectivity index (χ0v) is 29.1. The predicted octanol–water partition coefficient (Wildman–Crippen LogP) is 13.8. The number of nitrogens with one attached hydrogen (secondary N) is 1. The van der Waals surface area contributed by atoms with Gasteiger partial charge in [0.05, 0.1) is 11.0 Å². The van der Waals surface area contributed by atoms with Gasteiger partial charge in [0.2, 0.25) is 0 Å². The van der Waals surface area contributed by atoms with E-state index >= 15 is 0 Å². The third-order valence-electron chi connectivity index (χ3n) is 10.2. The first-order chi connectivity index (χ1) is 25.7. The first kappa shape index (κ1) is 31.3. The van der Waals surface area contributed by atoms with Gasteiger partial charge in [0.1, 0.15) is 0 Å². The number of nitrogens with zero attached hydrogens (tertiary/aromatic N) is 1. The molecule has 0 spiro atoms. The van der Waals surface area contributed by atoms with Gasteiger partial charge in [0.15, 0.2) is 0 Å². The summed E-state index contributed by atoms with van der Waals surface area (Å²) in [4.78, 5) is 0. The van der Waals surface area contributed by atoms with Crippen molar-refractivity contribution >= 4 is 33.2 Å². The lowest BCUT2D eigenvalue weighted by atomic mass is 9.93. The topological polar surface area (TPSA) is 17.0 Å². The van der Waals surface area contributed by atoms with E-state index in [0.29, 0.717) is 0 Å². The molecule has 0 aliphatic carbocycles. The minimum Gasteiger partial charge on any atom is -0.355 e. The van der Waals surface area contributed by atoms with E-state index in [1.54, 1.807) is 0 Å². The predicted molar refractivity (Wildman–Crippen MR) is 222 cm³/mol. The van der Waals surface area contributed by atoms with E-state index in [4.69, 9.17) is 0 Å². The van der Waals surface area contributed by atoms with Gasteiger partial charge in [-0.1, -0.05) is 146 Å². The van der Waals surface area contributed by atoms with Crippen LogP contribution in [0.15, 0.2) is 194 Å². The monoisotopic (exact) mass is 666 g/mol. The lowest BCUT2D eigenvalue weighted by Gasteiger charge is -2.17. The molecule has 0 radical (unpaired) electrons. The number of hydrogen-bond acceptors (Lipinski definition) is 1. The fourth-order valence-corrected chi connectivity index (χ4v) is 7.54. The number of rotatable bonds is 8. The van der Waals surface area contributed by atoms with Crippen LogP contribution in [0.4, 0.5) is 11.4 Å². The summed E-state index contributed by atoms with van der Waals surface area (Å²) in [7, 11) is 0. The molecular formula is C50H38N2. The van der Waals surface area contributed by atoms with Crippen LogP contribution in [-0.2, 0) is 6.42 Å². The molecule has 248 valence electrons. The van der Waals surface area contributed by atoms with Crippen LogP contribution in [0.1, 0.15) is 12.5 Å². The average Bonchev–Trinajstić information content (AvgIpc) is 3.55. The van der Waals surface area contributed by atoms with Crippen molar-refractivity contribution in [3.8, 4) is 50.2 Å². The molecule has 2 nitrogen and oxygen atoms in total. The Morgan fingerprint density at radius 2 is 0.942 bits per heavy atom. The highest BCUT2D eigenvalue weighted by molar-refractivity contribution is 6.10. The largest absolute Gasteiger partial charge is 0.355 e. The van der Waals surface area contributed by atoms with Gasteiger partial charge in [0.25, 0.3) is 0 Å². The molecule has 9 aromatic rings. The van der Waals surface area contributed by atoms with E-state index in [2.05, 4.69) is 211 Å². The number of hydrogen-bond donors (Lipinski definition) is 1. The summed E-state index contributed by atoms with van der Waals surface area (Å²) in [6, 6.07) is 70.1. The van der Waals surface area contributed by atoms with Crippen LogP contribution in [0.2, 0.25) is 0 Å². The second-order valence-corrected chi connectivity index (χ2v) is 13.3. The van der Waals surface area contributed by atoms with Gasteiger partial charge in [0, 0.05) is 33.4 Å². The Hall–Kier alpha value is -6.64. The molecule has 2 heteroatoms. The third-order valence-corrected chi connectivity index (χ3v) is 10.2. The van der Waals surface area contributed by atoms with Crippen LogP contribution in [0.5, 0.6) is 0 Å². The van der Waals surface area contributed by atoms with E-state index in [9.17, 15) is 0 Å². The number of benzene rings is 8. The van der Waals surface area contributed by atoms with E-state index in [0.717, 1.165) is 23.5 Å². The molecule has 0 amide bonds. The highest BCUT2D eigenvalue weighted by Crippen LogP contribution is 2.39. The first-order valence-electron chi connectivity index (χ1n) is 18.1. The third kappa shape index (κ3) is 5.85. The highest BCUT2D eigenvalue weighted by Gasteiger charge is 2.16. The van der Waals surface area contributed by atoms with Crippen molar-refractivity contribution in [2.24, 2.45) is 0 Å². The van der Waals surface area contributed by atoms with Gasteiger partial charge in [-0.25, -0.2) is 0 Å².